The van der Waals surface area contributed by atoms with Crippen LogP contribution in [0.15, 0.2) is 114 Å². The molecule has 0 bridgehead atoms. The Morgan fingerprint density at radius 1 is 0.667 bits per heavy atom. The van der Waals surface area contributed by atoms with Crippen LogP contribution >= 0.6 is 0 Å². The van der Waals surface area contributed by atoms with Gasteiger partial charge in [-0.2, -0.15) is 0 Å². The third-order valence-electron chi connectivity index (χ3n) is 8.65. The van der Waals surface area contributed by atoms with Gasteiger partial charge in [-0.3, -0.25) is 0 Å². The van der Waals surface area contributed by atoms with Gasteiger partial charge in [-0.25, -0.2) is 0 Å². The third kappa shape index (κ3) is 6.69. The number of hydrogen-bond acceptors (Lipinski definition) is 3. The molecule has 241 valence electrons. The van der Waals surface area contributed by atoms with Gasteiger partial charge in [0.25, 0.3) is 0 Å². The van der Waals surface area contributed by atoms with Crippen molar-refractivity contribution >= 4 is 43.5 Å². The van der Waals surface area contributed by atoms with Crippen molar-refractivity contribution in [2.24, 2.45) is 5.41 Å². The molecule has 3 aromatic heterocycles. The summed E-state index contributed by atoms with van der Waals surface area (Å²) in [5, 5.41) is 7.02. The molecule has 0 aliphatic carbocycles. The van der Waals surface area contributed by atoms with Gasteiger partial charge in [0.1, 0.15) is 5.58 Å². The van der Waals surface area contributed by atoms with Crippen molar-refractivity contribution in [3.63, 3.8) is 0 Å². The zero-order chi connectivity index (χ0) is 32.7. The van der Waals surface area contributed by atoms with Crippen LogP contribution in [-0.2, 0) is 26.5 Å². The smallest absolute Gasteiger partial charge is 0.129 e. The van der Waals surface area contributed by atoms with Crippen LogP contribution in [0, 0.1) is 38.3 Å². The van der Waals surface area contributed by atoms with E-state index in [-0.39, 0.29) is 25.5 Å². The summed E-state index contributed by atoms with van der Waals surface area (Å²) in [5.74, 6) is 0. The minimum atomic E-state index is 0. The molecular weight excluding hydrogens is 765 g/mol. The number of aryl methyl sites for hydroxylation is 3. The van der Waals surface area contributed by atoms with Crippen molar-refractivity contribution in [2.75, 3.05) is 0 Å². The number of rotatable bonds is 3. The summed E-state index contributed by atoms with van der Waals surface area (Å²) in [4.78, 5) is 9.13. The minimum Gasteiger partial charge on any atom is -0.500 e. The van der Waals surface area contributed by atoms with Crippen molar-refractivity contribution in [1.29, 1.82) is 0 Å². The van der Waals surface area contributed by atoms with E-state index < -0.39 is 0 Å². The summed E-state index contributed by atoms with van der Waals surface area (Å²) in [5.41, 5.74) is 10.8. The van der Waals surface area contributed by atoms with Gasteiger partial charge in [-0.1, -0.05) is 111 Å². The molecule has 4 heteroatoms. The fraction of sp³-hybridized carbons (Fsp3) is 0.182. The molecule has 48 heavy (non-hydrogen) atoms. The Bertz CT molecular complexity index is 2340. The van der Waals surface area contributed by atoms with Crippen molar-refractivity contribution < 1.29 is 24.5 Å². The van der Waals surface area contributed by atoms with Gasteiger partial charge >= 0.3 is 0 Å². The molecule has 0 atom stereocenters. The van der Waals surface area contributed by atoms with Gasteiger partial charge in [-0.15, -0.1) is 53.6 Å². The van der Waals surface area contributed by atoms with Crippen LogP contribution in [0.3, 0.4) is 0 Å². The van der Waals surface area contributed by atoms with Crippen LogP contribution in [-0.4, -0.2) is 9.97 Å². The summed E-state index contributed by atoms with van der Waals surface area (Å²) in [7, 11) is 0. The van der Waals surface area contributed by atoms with E-state index in [9.17, 15) is 0 Å². The summed E-state index contributed by atoms with van der Waals surface area (Å²) in [6.07, 6.45) is 4.86. The molecule has 0 fully saturated rings. The summed E-state index contributed by atoms with van der Waals surface area (Å²) >= 11 is 0. The molecule has 0 unspecified atom stereocenters. The van der Waals surface area contributed by atoms with Crippen molar-refractivity contribution in [2.45, 2.75) is 48.0 Å². The van der Waals surface area contributed by atoms with Crippen LogP contribution in [0.5, 0.6) is 0 Å². The molecule has 0 N–H and O–H groups in total. The molecule has 8 rings (SSSR count). The molecule has 0 saturated heterocycles. The maximum absolute atomic E-state index is 6.66. The largest absolute Gasteiger partial charge is 0.500 e. The van der Waals surface area contributed by atoms with Crippen LogP contribution in [0.1, 0.15) is 43.0 Å². The Morgan fingerprint density at radius 2 is 1.40 bits per heavy atom. The molecule has 0 saturated carbocycles. The average Bonchev–Trinajstić information content (AvgIpc) is 3.45. The molecule has 1 radical (unpaired) electrons. The zero-order valence-electron chi connectivity index (χ0n) is 28.2. The SMILES string of the molecule is Cc1c[c-]c(-c2ccc(C)cn2)cc1.Cc1cnc(-c2[c-]ccc3c2oc2c3ccc3ccc4ccccc4c32)cc1CC(C)(C)C.[Ir]. The van der Waals surface area contributed by atoms with Gasteiger partial charge < -0.3 is 14.4 Å². The van der Waals surface area contributed by atoms with Crippen LogP contribution in [0.4, 0.5) is 0 Å². The van der Waals surface area contributed by atoms with E-state index in [1.165, 1.54) is 38.4 Å². The Kier molecular flexibility index (Phi) is 9.34. The van der Waals surface area contributed by atoms with E-state index in [1.807, 2.05) is 43.6 Å². The molecule has 0 amide bonds. The van der Waals surface area contributed by atoms with E-state index in [0.29, 0.717) is 0 Å². The quantitative estimate of drug-likeness (QED) is 0.132. The molecule has 8 aromatic rings. The standard InChI is InChI=1S/C31H26NO.C13H12N.Ir/c1-19-18-32-27(16-22(19)17-31(2,3)4)26-11-7-10-24-25-15-14-21-13-12-20-8-5-6-9-23(20)28(21)30(25)33-29(24)26;1-10-3-6-12(7-4-10)13-8-5-11(2)9-14-13;/h5-10,12-16,18H,17H2,1-4H3;3-6,8-9H,1-2H3;/q2*-1;. The van der Waals surface area contributed by atoms with Crippen molar-refractivity contribution in [1.82, 2.24) is 9.97 Å². The first-order valence-corrected chi connectivity index (χ1v) is 16.2. The molecule has 0 aliphatic heterocycles. The minimum absolute atomic E-state index is 0. The topological polar surface area (TPSA) is 38.9 Å². The summed E-state index contributed by atoms with van der Waals surface area (Å²) < 4.78 is 6.66. The van der Waals surface area contributed by atoms with Gasteiger partial charge in [0.15, 0.2) is 0 Å². The first kappa shape index (κ1) is 33.3. The zero-order valence-corrected chi connectivity index (χ0v) is 30.6. The first-order chi connectivity index (χ1) is 22.6. The van der Waals surface area contributed by atoms with Crippen molar-refractivity contribution in [3.05, 3.63) is 144 Å². The Balaban J connectivity index is 0.000000225. The van der Waals surface area contributed by atoms with Gasteiger partial charge in [-0.05, 0) is 64.4 Å². The van der Waals surface area contributed by atoms with Gasteiger partial charge in [0, 0.05) is 43.3 Å². The van der Waals surface area contributed by atoms with E-state index in [1.54, 1.807) is 0 Å². The summed E-state index contributed by atoms with van der Waals surface area (Å²) in [6, 6.07) is 40.4. The second kappa shape index (κ2) is 13.5. The number of pyridine rings is 2. The van der Waals surface area contributed by atoms with Gasteiger partial charge in [0.05, 0.1) is 5.58 Å². The third-order valence-corrected chi connectivity index (χ3v) is 8.65. The number of aromatic nitrogens is 2. The maximum Gasteiger partial charge on any atom is 0.129 e. The molecule has 3 nitrogen and oxygen atoms in total. The number of benzene rings is 5. The molecule has 0 spiro atoms. The maximum atomic E-state index is 6.66. The fourth-order valence-electron chi connectivity index (χ4n) is 6.23. The molecule has 5 aromatic carbocycles. The van der Waals surface area contributed by atoms with Crippen LogP contribution in [0.2, 0.25) is 0 Å². The predicted octanol–water partition coefficient (Wildman–Crippen LogP) is 11.8. The second-order valence-electron chi connectivity index (χ2n) is 13.8. The van der Waals surface area contributed by atoms with E-state index in [0.717, 1.165) is 56.3 Å². The Morgan fingerprint density at radius 3 is 2.15 bits per heavy atom. The normalized spacial score (nSPS) is 11.5. The molecular formula is C44H38IrN2O-2. The van der Waals surface area contributed by atoms with E-state index in [4.69, 9.17) is 9.40 Å². The van der Waals surface area contributed by atoms with Crippen LogP contribution < -0.4 is 0 Å². The monoisotopic (exact) mass is 803 g/mol. The predicted molar refractivity (Wildman–Crippen MR) is 197 cm³/mol. The van der Waals surface area contributed by atoms with Crippen molar-refractivity contribution in [3.8, 4) is 22.5 Å². The Hall–Kier alpha value is -4.63. The molecule has 0 aliphatic rings. The Labute approximate surface area is 296 Å². The number of fused-ring (bicyclic) bond motifs is 7. The average molecular weight is 803 g/mol. The summed E-state index contributed by atoms with van der Waals surface area (Å²) in [6.45, 7) is 13.1. The second-order valence-corrected chi connectivity index (χ2v) is 13.8. The number of hydrogen-bond donors (Lipinski definition) is 0. The first-order valence-electron chi connectivity index (χ1n) is 16.2. The number of furan rings is 1. The van der Waals surface area contributed by atoms with E-state index >= 15 is 0 Å². The number of nitrogens with zero attached hydrogens (tertiary/aromatic N) is 2. The van der Waals surface area contributed by atoms with Gasteiger partial charge in [0.2, 0.25) is 0 Å². The van der Waals surface area contributed by atoms with E-state index in [2.05, 4.69) is 125 Å². The fourth-order valence-corrected chi connectivity index (χ4v) is 6.23. The van der Waals surface area contributed by atoms with Crippen LogP contribution in [0.25, 0.3) is 66.0 Å². The molecule has 3 heterocycles.